The van der Waals surface area contributed by atoms with Gasteiger partial charge in [0.25, 0.3) is 5.91 Å². The highest BCUT2D eigenvalue weighted by molar-refractivity contribution is 6.00. The van der Waals surface area contributed by atoms with Gasteiger partial charge in [0.15, 0.2) is 0 Å². The summed E-state index contributed by atoms with van der Waals surface area (Å²) in [5.41, 5.74) is 4.76. The Labute approximate surface area is 233 Å². The number of nitrogens with one attached hydrogen (secondary N) is 2. The number of nitrogens with zero attached hydrogens (tertiary/aromatic N) is 1. The summed E-state index contributed by atoms with van der Waals surface area (Å²) < 4.78 is 5.49. The maximum absolute atomic E-state index is 14.3. The molecule has 0 aliphatic heterocycles. The van der Waals surface area contributed by atoms with Gasteiger partial charge in [0, 0.05) is 11.7 Å². The fraction of sp³-hybridized carbons (Fsp3) is 0.531. The molecule has 2 atom stereocenters. The normalized spacial score (nSPS) is 14.9. The van der Waals surface area contributed by atoms with Crippen molar-refractivity contribution in [1.29, 1.82) is 0 Å². The second-order valence-electron chi connectivity index (χ2n) is 12.4. The van der Waals surface area contributed by atoms with Crippen LogP contribution in [0.3, 0.4) is 0 Å². The van der Waals surface area contributed by atoms with Gasteiger partial charge in [-0.15, -0.1) is 0 Å². The van der Waals surface area contributed by atoms with E-state index < -0.39 is 23.8 Å². The molecule has 3 rings (SSSR count). The van der Waals surface area contributed by atoms with Crippen LogP contribution in [0.5, 0.6) is 0 Å². The van der Waals surface area contributed by atoms with E-state index >= 15 is 0 Å². The van der Waals surface area contributed by atoms with Gasteiger partial charge in [0.2, 0.25) is 5.91 Å². The monoisotopic (exact) mass is 535 g/mol. The highest BCUT2D eigenvalue weighted by Gasteiger charge is 2.44. The van der Waals surface area contributed by atoms with Crippen LogP contribution in [0.1, 0.15) is 87.7 Å². The first-order chi connectivity index (χ1) is 18.2. The third-order valence-electron chi connectivity index (χ3n) is 6.71. The zero-order chi connectivity index (χ0) is 29.1. The molecule has 0 heterocycles. The lowest BCUT2D eigenvalue weighted by Crippen LogP contribution is -2.53. The van der Waals surface area contributed by atoms with Crippen LogP contribution < -0.4 is 10.6 Å². The van der Waals surface area contributed by atoms with E-state index in [2.05, 4.69) is 16.7 Å². The largest absolute Gasteiger partial charge is 0.444 e. The maximum atomic E-state index is 14.3. The minimum absolute atomic E-state index is 0.0814. The molecule has 1 saturated carbocycles. The molecule has 2 N–H and O–H groups in total. The Morgan fingerprint density at radius 1 is 0.974 bits per heavy atom. The Bertz CT molecular complexity index is 1170. The number of aryl methyl sites for hydroxylation is 4. The molecule has 7 heteroatoms. The Hall–Kier alpha value is -3.35. The lowest BCUT2D eigenvalue weighted by Gasteiger charge is -2.35. The summed E-state index contributed by atoms with van der Waals surface area (Å²) >= 11 is 0. The summed E-state index contributed by atoms with van der Waals surface area (Å²) in [7, 11) is 0. The number of amides is 3. The summed E-state index contributed by atoms with van der Waals surface area (Å²) in [6.07, 6.45) is 1.41. The fourth-order valence-corrected chi connectivity index (χ4v) is 5.00. The predicted molar refractivity (Wildman–Crippen MR) is 156 cm³/mol. The molecule has 2 aromatic rings. The first-order valence-corrected chi connectivity index (χ1v) is 13.9. The summed E-state index contributed by atoms with van der Waals surface area (Å²) in [6, 6.07) is 10.1. The second-order valence-corrected chi connectivity index (χ2v) is 12.4. The van der Waals surface area contributed by atoms with Crippen molar-refractivity contribution >= 4 is 23.6 Å². The Morgan fingerprint density at radius 2 is 1.54 bits per heavy atom. The minimum atomic E-state index is -0.849. The summed E-state index contributed by atoms with van der Waals surface area (Å²) in [4.78, 5) is 42.9. The summed E-state index contributed by atoms with van der Waals surface area (Å²) in [6.45, 7) is 17.3. The van der Waals surface area contributed by atoms with Gasteiger partial charge in [0.1, 0.15) is 17.7 Å². The molecule has 3 amide bonds. The smallest absolute Gasteiger partial charge is 0.408 e. The van der Waals surface area contributed by atoms with Gasteiger partial charge in [-0.3, -0.25) is 9.59 Å². The molecule has 0 saturated heterocycles. The highest BCUT2D eigenvalue weighted by atomic mass is 16.6. The maximum Gasteiger partial charge on any atom is 0.408 e. The number of rotatable bonds is 9. The summed E-state index contributed by atoms with van der Waals surface area (Å²) in [5.74, 6) is -0.394. The highest BCUT2D eigenvalue weighted by Crippen LogP contribution is 2.37. The third-order valence-corrected chi connectivity index (χ3v) is 6.71. The summed E-state index contributed by atoms with van der Waals surface area (Å²) in [5, 5.41) is 5.96. The lowest BCUT2D eigenvalue weighted by molar-refractivity contribution is -0.141. The lowest BCUT2D eigenvalue weighted by atomic mass is 9.96. The quantitative estimate of drug-likeness (QED) is 0.382. The number of benzene rings is 2. The molecule has 0 radical (unpaired) electrons. The number of anilines is 1. The zero-order valence-electron chi connectivity index (χ0n) is 25.0. The predicted octanol–water partition coefficient (Wildman–Crippen LogP) is 6.53. The van der Waals surface area contributed by atoms with E-state index in [1.807, 2.05) is 71.9 Å². The van der Waals surface area contributed by atoms with Gasteiger partial charge < -0.3 is 20.3 Å². The molecule has 1 aliphatic rings. The van der Waals surface area contributed by atoms with Crippen molar-refractivity contribution in [3.05, 3.63) is 64.2 Å². The van der Waals surface area contributed by atoms with Gasteiger partial charge in [-0.25, -0.2) is 4.79 Å². The molecule has 2 unspecified atom stereocenters. The molecule has 0 spiro atoms. The number of ether oxygens (including phenoxy) is 1. The van der Waals surface area contributed by atoms with E-state index in [1.54, 1.807) is 25.7 Å². The zero-order valence-corrected chi connectivity index (χ0v) is 25.0. The van der Waals surface area contributed by atoms with E-state index in [1.165, 1.54) is 0 Å². The number of carbonyl (C=O) groups is 3. The van der Waals surface area contributed by atoms with Crippen molar-refractivity contribution < 1.29 is 19.1 Å². The molecule has 212 valence electrons. The van der Waals surface area contributed by atoms with Gasteiger partial charge in [-0.2, -0.15) is 0 Å². The van der Waals surface area contributed by atoms with Crippen LogP contribution in [-0.4, -0.2) is 40.5 Å². The van der Waals surface area contributed by atoms with Gasteiger partial charge >= 0.3 is 6.09 Å². The van der Waals surface area contributed by atoms with Crippen LogP contribution in [-0.2, 0) is 14.3 Å². The molecule has 0 aromatic heterocycles. The molecule has 2 aromatic carbocycles. The second kappa shape index (κ2) is 12.2. The molecule has 7 nitrogen and oxygen atoms in total. The molecular formula is C32H45N3O4. The van der Waals surface area contributed by atoms with E-state index in [0.29, 0.717) is 6.42 Å². The Balaban J connectivity index is 2.06. The third kappa shape index (κ3) is 8.32. The van der Waals surface area contributed by atoms with Crippen molar-refractivity contribution in [1.82, 2.24) is 10.2 Å². The van der Waals surface area contributed by atoms with Crippen LogP contribution in [0.25, 0.3) is 0 Å². The van der Waals surface area contributed by atoms with Crippen LogP contribution in [0.15, 0.2) is 36.4 Å². The van der Waals surface area contributed by atoms with E-state index in [4.69, 9.17) is 4.74 Å². The standard InChI is InChI=1S/C32H45N3O4/c1-19(2)15-26(33-31(38)39-32(7,8)9)30(37)35(25-13-14-25)28(24-17-20(3)16-21(4)18-24)29(36)34-27-22(5)11-10-12-23(27)6/h10-12,16-19,25-26,28H,13-15H2,1-9H3,(H,33,38)(H,34,36). The van der Waals surface area contributed by atoms with Crippen LogP contribution >= 0.6 is 0 Å². The first-order valence-electron chi connectivity index (χ1n) is 13.9. The van der Waals surface area contributed by atoms with Crippen LogP contribution in [0, 0.1) is 33.6 Å². The van der Waals surface area contributed by atoms with Crippen molar-refractivity contribution in [2.24, 2.45) is 5.92 Å². The Kier molecular flexibility index (Phi) is 9.47. The topological polar surface area (TPSA) is 87.7 Å². The van der Waals surface area contributed by atoms with Gasteiger partial charge in [-0.05, 0) is 90.3 Å². The number of carbonyl (C=O) groups excluding carboxylic acids is 3. The fourth-order valence-electron chi connectivity index (χ4n) is 5.00. The van der Waals surface area contributed by atoms with Crippen LogP contribution in [0.4, 0.5) is 10.5 Å². The number of alkyl carbamates (subject to hydrolysis) is 1. The van der Waals surface area contributed by atoms with Crippen molar-refractivity contribution in [3.8, 4) is 0 Å². The first kappa shape index (κ1) is 30.2. The molecule has 1 aliphatic carbocycles. The SMILES string of the molecule is Cc1cc(C)cc(C(C(=O)Nc2c(C)cccc2C)N(C(=O)C(CC(C)C)NC(=O)OC(C)(C)C)C2CC2)c1. The van der Waals surface area contributed by atoms with Crippen molar-refractivity contribution in [2.75, 3.05) is 5.32 Å². The average molecular weight is 536 g/mol. The number of hydrogen-bond acceptors (Lipinski definition) is 4. The van der Waals surface area contributed by atoms with E-state index in [9.17, 15) is 14.4 Å². The van der Waals surface area contributed by atoms with E-state index in [0.717, 1.165) is 46.3 Å². The van der Waals surface area contributed by atoms with Gasteiger partial charge in [0.05, 0.1) is 0 Å². The average Bonchev–Trinajstić information content (AvgIpc) is 3.61. The molecular weight excluding hydrogens is 490 g/mol. The van der Waals surface area contributed by atoms with Crippen molar-refractivity contribution in [3.63, 3.8) is 0 Å². The minimum Gasteiger partial charge on any atom is -0.444 e. The molecule has 39 heavy (non-hydrogen) atoms. The van der Waals surface area contributed by atoms with E-state index in [-0.39, 0.29) is 23.8 Å². The number of para-hydroxylation sites is 1. The Morgan fingerprint density at radius 3 is 2.03 bits per heavy atom. The van der Waals surface area contributed by atoms with Crippen LogP contribution in [0.2, 0.25) is 0 Å². The molecule has 0 bridgehead atoms. The molecule has 1 fully saturated rings. The van der Waals surface area contributed by atoms with Crippen molar-refractivity contribution in [2.45, 2.75) is 105 Å². The number of hydrogen-bond donors (Lipinski definition) is 2. The van der Waals surface area contributed by atoms with Gasteiger partial charge in [-0.1, -0.05) is 61.4 Å².